The first-order valence-corrected chi connectivity index (χ1v) is 6.07. The fourth-order valence-corrected chi connectivity index (χ4v) is 1.92. The Hall–Kier alpha value is -2.24. The number of amides is 2. The highest BCUT2D eigenvalue weighted by atomic mass is 16.5. The number of nitrogens with one attached hydrogen (secondary N) is 1. The van der Waals surface area contributed by atoms with Crippen molar-refractivity contribution in [3.63, 3.8) is 0 Å². The van der Waals surface area contributed by atoms with E-state index in [1.165, 1.54) is 11.0 Å². The van der Waals surface area contributed by atoms with Crippen molar-refractivity contribution in [2.75, 3.05) is 19.7 Å². The molecule has 1 aromatic rings. The third kappa shape index (κ3) is 2.96. The number of carbonyl (C=O) groups is 2. The van der Waals surface area contributed by atoms with Gasteiger partial charge in [0.1, 0.15) is 6.04 Å². The van der Waals surface area contributed by atoms with Crippen LogP contribution < -0.4 is 10.1 Å². The summed E-state index contributed by atoms with van der Waals surface area (Å²) in [5.41, 5.74) is 0. The zero-order valence-corrected chi connectivity index (χ0v) is 10.6. The van der Waals surface area contributed by atoms with Crippen LogP contribution in [0.5, 0.6) is 11.5 Å². The Morgan fingerprint density at radius 3 is 3.00 bits per heavy atom. The number of carbonyl (C=O) groups excluding carboxylic acids is 2. The molecule has 1 atom stereocenters. The average Bonchev–Trinajstić information content (AvgIpc) is 2.40. The van der Waals surface area contributed by atoms with Crippen molar-refractivity contribution in [1.29, 1.82) is 0 Å². The van der Waals surface area contributed by atoms with E-state index in [9.17, 15) is 14.7 Å². The number of piperazine rings is 1. The van der Waals surface area contributed by atoms with Gasteiger partial charge in [-0.15, -0.1) is 0 Å². The Labute approximate surface area is 111 Å². The summed E-state index contributed by atoms with van der Waals surface area (Å²) in [4.78, 5) is 24.9. The molecule has 0 bridgehead atoms. The molecule has 1 aromatic carbocycles. The molecule has 6 heteroatoms. The molecule has 19 heavy (non-hydrogen) atoms. The average molecular weight is 264 g/mol. The lowest BCUT2D eigenvalue weighted by Crippen LogP contribution is -2.56. The molecule has 0 saturated carbocycles. The number of nitrogens with zero attached hydrogens (tertiary/aromatic N) is 1. The minimum atomic E-state index is -0.491. The SMILES string of the molecule is CC1C(=O)NCCN1C(=O)COc1ccccc1O. The van der Waals surface area contributed by atoms with Crippen molar-refractivity contribution >= 4 is 11.8 Å². The van der Waals surface area contributed by atoms with Crippen LogP contribution in [0.15, 0.2) is 24.3 Å². The van der Waals surface area contributed by atoms with Gasteiger partial charge in [0.05, 0.1) is 0 Å². The van der Waals surface area contributed by atoms with Gasteiger partial charge in [0.25, 0.3) is 5.91 Å². The molecule has 1 saturated heterocycles. The van der Waals surface area contributed by atoms with Crippen LogP contribution in [0, 0.1) is 0 Å². The van der Waals surface area contributed by atoms with E-state index in [1.807, 2.05) is 0 Å². The highest BCUT2D eigenvalue weighted by molar-refractivity contribution is 5.89. The number of phenolic OH excluding ortho intramolecular Hbond substituents is 1. The van der Waals surface area contributed by atoms with Gasteiger partial charge in [0.2, 0.25) is 5.91 Å². The van der Waals surface area contributed by atoms with Gasteiger partial charge >= 0.3 is 0 Å². The van der Waals surface area contributed by atoms with E-state index in [2.05, 4.69) is 5.32 Å². The molecule has 1 fully saturated rings. The van der Waals surface area contributed by atoms with E-state index in [1.54, 1.807) is 25.1 Å². The van der Waals surface area contributed by atoms with Crippen LogP contribution in [0.3, 0.4) is 0 Å². The summed E-state index contributed by atoms with van der Waals surface area (Å²) in [6.07, 6.45) is 0. The van der Waals surface area contributed by atoms with Crippen molar-refractivity contribution in [2.24, 2.45) is 0 Å². The summed E-state index contributed by atoms with van der Waals surface area (Å²) in [6.45, 7) is 2.39. The third-order valence-corrected chi connectivity index (χ3v) is 3.04. The number of hydrogen-bond donors (Lipinski definition) is 2. The van der Waals surface area contributed by atoms with Crippen LogP contribution >= 0.6 is 0 Å². The summed E-state index contributed by atoms with van der Waals surface area (Å²) >= 11 is 0. The predicted molar refractivity (Wildman–Crippen MR) is 67.8 cm³/mol. The summed E-state index contributed by atoms with van der Waals surface area (Å²) in [6, 6.07) is 5.94. The molecule has 1 unspecified atom stereocenters. The number of ether oxygens (including phenoxy) is 1. The van der Waals surface area contributed by atoms with Gasteiger partial charge in [0.15, 0.2) is 18.1 Å². The molecule has 0 radical (unpaired) electrons. The maximum absolute atomic E-state index is 12.0. The zero-order chi connectivity index (χ0) is 13.8. The highest BCUT2D eigenvalue weighted by Crippen LogP contribution is 2.24. The van der Waals surface area contributed by atoms with Crippen molar-refractivity contribution in [3.8, 4) is 11.5 Å². The Bertz CT molecular complexity index is 489. The van der Waals surface area contributed by atoms with E-state index in [-0.39, 0.29) is 29.9 Å². The van der Waals surface area contributed by atoms with E-state index >= 15 is 0 Å². The van der Waals surface area contributed by atoms with Gasteiger partial charge in [-0.1, -0.05) is 12.1 Å². The second-order valence-corrected chi connectivity index (χ2v) is 4.31. The summed E-state index contributed by atoms with van der Waals surface area (Å²) in [7, 11) is 0. The van der Waals surface area contributed by atoms with Crippen molar-refractivity contribution in [2.45, 2.75) is 13.0 Å². The number of aromatic hydroxyl groups is 1. The van der Waals surface area contributed by atoms with E-state index in [0.29, 0.717) is 13.1 Å². The van der Waals surface area contributed by atoms with Crippen molar-refractivity contribution in [1.82, 2.24) is 10.2 Å². The Morgan fingerprint density at radius 1 is 1.53 bits per heavy atom. The highest BCUT2D eigenvalue weighted by Gasteiger charge is 2.29. The van der Waals surface area contributed by atoms with Crippen LogP contribution in [-0.2, 0) is 9.59 Å². The first-order chi connectivity index (χ1) is 9.09. The monoisotopic (exact) mass is 264 g/mol. The Kier molecular flexibility index (Phi) is 3.89. The maximum atomic E-state index is 12.0. The molecular weight excluding hydrogens is 248 g/mol. The Morgan fingerprint density at radius 2 is 2.26 bits per heavy atom. The standard InChI is InChI=1S/C13H16N2O4/c1-9-13(18)14-6-7-15(9)12(17)8-19-11-5-3-2-4-10(11)16/h2-5,9,16H,6-8H2,1H3,(H,14,18). The van der Waals surface area contributed by atoms with Gasteiger partial charge < -0.3 is 20.1 Å². The minimum Gasteiger partial charge on any atom is -0.504 e. The molecule has 2 amide bonds. The first kappa shape index (κ1) is 13.2. The molecule has 0 aromatic heterocycles. The van der Waals surface area contributed by atoms with E-state index in [0.717, 1.165) is 0 Å². The van der Waals surface area contributed by atoms with E-state index < -0.39 is 6.04 Å². The molecule has 1 heterocycles. The van der Waals surface area contributed by atoms with Crippen LogP contribution in [-0.4, -0.2) is 47.6 Å². The molecule has 2 rings (SSSR count). The molecular formula is C13H16N2O4. The molecule has 102 valence electrons. The molecule has 6 nitrogen and oxygen atoms in total. The number of benzene rings is 1. The maximum Gasteiger partial charge on any atom is 0.261 e. The summed E-state index contributed by atoms with van der Waals surface area (Å²) in [5.74, 6) is -0.197. The number of hydrogen-bond acceptors (Lipinski definition) is 4. The third-order valence-electron chi connectivity index (χ3n) is 3.04. The van der Waals surface area contributed by atoms with Crippen molar-refractivity contribution in [3.05, 3.63) is 24.3 Å². The second kappa shape index (κ2) is 5.60. The Balaban J connectivity index is 1.94. The van der Waals surface area contributed by atoms with E-state index in [4.69, 9.17) is 4.74 Å². The number of para-hydroxylation sites is 2. The molecule has 0 spiro atoms. The van der Waals surface area contributed by atoms with Crippen molar-refractivity contribution < 1.29 is 19.4 Å². The zero-order valence-electron chi connectivity index (χ0n) is 10.6. The van der Waals surface area contributed by atoms with Gasteiger partial charge in [0, 0.05) is 13.1 Å². The van der Waals surface area contributed by atoms with Crippen LogP contribution in [0.1, 0.15) is 6.92 Å². The predicted octanol–water partition coefficient (Wildman–Crippen LogP) is 0.118. The summed E-state index contributed by atoms with van der Waals surface area (Å²) in [5, 5.41) is 12.2. The van der Waals surface area contributed by atoms with Crippen LogP contribution in [0.2, 0.25) is 0 Å². The summed E-state index contributed by atoms with van der Waals surface area (Å²) < 4.78 is 5.26. The normalized spacial score (nSPS) is 18.9. The first-order valence-electron chi connectivity index (χ1n) is 6.07. The quantitative estimate of drug-likeness (QED) is 0.812. The smallest absolute Gasteiger partial charge is 0.261 e. The minimum absolute atomic E-state index is 0.0141. The van der Waals surface area contributed by atoms with Gasteiger partial charge in [-0.25, -0.2) is 0 Å². The molecule has 1 aliphatic rings. The lowest BCUT2D eigenvalue weighted by Gasteiger charge is -2.32. The lowest BCUT2D eigenvalue weighted by molar-refractivity contribution is -0.143. The largest absolute Gasteiger partial charge is 0.504 e. The van der Waals surface area contributed by atoms with Gasteiger partial charge in [-0.05, 0) is 19.1 Å². The molecule has 1 aliphatic heterocycles. The lowest BCUT2D eigenvalue weighted by atomic mass is 10.2. The molecule has 2 N–H and O–H groups in total. The number of rotatable bonds is 3. The van der Waals surface area contributed by atoms with Crippen LogP contribution in [0.4, 0.5) is 0 Å². The second-order valence-electron chi connectivity index (χ2n) is 4.31. The van der Waals surface area contributed by atoms with Gasteiger partial charge in [-0.2, -0.15) is 0 Å². The fourth-order valence-electron chi connectivity index (χ4n) is 1.92. The van der Waals surface area contributed by atoms with Gasteiger partial charge in [-0.3, -0.25) is 9.59 Å². The topological polar surface area (TPSA) is 78.9 Å². The number of phenols is 1. The van der Waals surface area contributed by atoms with Crippen LogP contribution in [0.25, 0.3) is 0 Å². The molecule has 0 aliphatic carbocycles. The fraction of sp³-hybridized carbons (Fsp3) is 0.385.